The first-order valence-electron chi connectivity index (χ1n) is 10.6. The molecule has 7 nitrogen and oxygen atoms in total. The maximum absolute atomic E-state index is 12.9. The van der Waals surface area contributed by atoms with Crippen molar-refractivity contribution in [3.63, 3.8) is 0 Å². The van der Waals surface area contributed by atoms with Crippen LogP contribution in [0.2, 0.25) is 0 Å². The molecule has 1 aliphatic carbocycles. The van der Waals surface area contributed by atoms with Crippen LogP contribution in [-0.4, -0.2) is 53.2 Å². The van der Waals surface area contributed by atoms with Crippen LogP contribution in [0.15, 0.2) is 48.5 Å². The Bertz CT molecular complexity index is 1040. The molecule has 1 fully saturated rings. The summed E-state index contributed by atoms with van der Waals surface area (Å²) in [6.07, 6.45) is 5.56. The normalized spacial score (nSPS) is 17.7. The Kier molecular flexibility index (Phi) is 6.13. The van der Waals surface area contributed by atoms with Crippen molar-refractivity contribution < 1.29 is 24.2 Å². The van der Waals surface area contributed by atoms with Crippen molar-refractivity contribution in [2.24, 2.45) is 0 Å². The number of terminal acetylenes is 1. The molecule has 0 bridgehead atoms. The fourth-order valence-electron chi connectivity index (χ4n) is 4.59. The predicted octanol–water partition coefficient (Wildman–Crippen LogP) is 2.99. The Hall–Kier alpha value is -3.79. The number of carboxylic acids is 1. The summed E-state index contributed by atoms with van der Waals surface area (Å²) in [6.45, 7) is 0.432. The number of hydrogen-bond donors (Lipinski definition) is 2. The summed E-state index contributed by atoms with van der Waals surface area (Å²) in [6, 6.07) is 14.1. The van der Waals surface area contributed by atoms with E-state index in [0.717, 1.165) is 22.3 Å². The van der Waals surface area contributed by atoms with Crippen molar-refractivity contribution in [1.82, 2.24) is 10.2 Å². The van der Waals surface area contributed by atoms with Crippen LogP contribution in [0.25, 0.3) is 11.1 Å². The lowest BCUT2D eigenvalue weighted by atomic mass is 9.98. The van der Waals surface area contributed by atoms with E-state index in [2.05, 4.69) is 11.2 Å². The topological polar surface area (TPSA) is 95.9 Å². The number of amides is 2. The van der Waals surface area contributed by atoms with Gasteiger partial charge in [0.15, 0.2) is 0 Å². The van der Waals surface area contributed by atoms with Crippen LogP contribution in [0.4, 0.5) is 4.79 Å². The molecular weight excluding hydrogens is 408 g/mol. The third-order valence-corrected chi connectivity index (χ3v) is 6.08. The van der Waals surface area contributed by atoms with Gasteiger partial charge in [-0.3, -0.25) is 4.79 Å². The highest BCUT2D eigenvalue weighted by atomic mass is 16.5. The van der Waals surface area contributed by atoms with Gasteiger partial charge < -0.3 is 20.1 Å². The maximum atomic E-state index is 12.9. The number of carboxylic acid groups (broad SMARTS) is 1. The van der Waals surface area contributed by atoms with E-state index < -0.39 is 30.1 Å². The van der Waals surface area contributed by atoms with Crippen molar-refractivity contribution in [2.75, 3.05) is 13.2 Å². The monoisotopic (exact) mass is 432 g/mol. The molecule has 0 radical (unpaired) electrons. The fourth-order valence-corrected chi connectivity index (χ4v) is 4.59. The van der Waals surface area contributed by atoms with Crippen LogP contribution >= 0.6 is 0 Å². The minimum Gasteiger partial charge on any atom is -0.480 e. The van der Waals surface area contributed by atoms with Gasteiger partial charge in [0.2, 0.25) is 5.91 Å². The smallest absolute Gasteiger partial charge is 0.407 e. The second-order valence-corrected chi connectivity index (χ2v) is 7.96. The Balaban J connectivity index is 1.43. The van der Waals surface area contributed by atoms with Crippen LogP contribution in [-0.2, 0) is 14.3 Å². The lowest BCUT2D eigenvalue weighted by Gasteiger charge is -2.26. The molecule has 0 aromatic heterocycles. The van der Waals surface area contributed by atoms with E-state index in [-0.39, 0.29) is 18.9 Å². The lowest BCUT2D eigenvalue weighted by molar-refractivity contribution is -0.148. The number of aliphatic carboxylic acids is 1. The van der Waals surface area contributed by atoms with E-state index in [4.69, 9.17) is 11.2 Å². The van der Waals surface area contributed by atoms with Crippen molar-refractivity contribution >= 4 is 18.0 Å². The second-order valence-electron chi connectivity index (χ2n) is 7.96. The van der Waals surface area contributed by atoms with Crippen molar-refractivity contribution in [3.8, 4) is 23.5 Å². The SMILES string of the molecule is C#CCC(NC(=O)OCC1c2ccccc2-c2ccccc21)C(=O)N1CCC[C@@H]1C(=O)O. The molecule has 1 aliphatic heterocycles. The Morgan fingerprint density at radius 3 is 2.34 bits per heavy atom. The zero-order chi connectivity index (χ0) is 22.7. The van der Waals surface area contributed by atoms with E-state index >= 15 is 0 Å². The lowest BCUT2D eigenvalue weighted by Crippen LogP contribution is -2.51. The summed E-state index contributed by atoms with van der Waals surface area (Å²) in [5, 5.41) is 11.9. The summed E-state index contributed by atoms with van der Waals surface area (Å²) in [5.41, 5.74) is 4.40. The molecule has 0 saturated carbocycles. The molecule has 0 spiro atoms. The average Bonchev–Trinajstić information content (AvgIpc) is 3.40. The fraction of sp³-hybridized carbons (Fsp3) is 0.320. The highest BCUT2D eigenvalue weighted by molar-refractivity contribution is 5.90. The van der Waals surface area contributed by atoms with Gasteiger partial charge >= 0.3 is 12.1 Å². The highest BCUT2D eigenvalue weighted by Crippen LogP contribution is 2.44. The zero-order valence-corrected chi connectivity index (χ0v) is 17.5. The number of fused-ring (bicyclic) bond motifs is 3. The first-order valence-corrected chi connectivity index (χ1v) is 10.6. The molecule has 2 amide bonds. The number of carbonyl (C=O) groups excluding carboxylic acids is 2. The number of nitrogens with zero attached hydrogens (tertiary/aromatic N) is 1. The van der Waals surface area contributed by atoms with Gasteiger partial charge in [-0.2, -0.15) is 0 Å². The average molecular weight is 432 g/mol. The molecule has 2 N–H and O–H groups in total. The molecule has 32 heavy (non-hydrogen) atoms. The van der Waals surface area contributed by atoms with Gasteiger partial charge in [0.05, 0.1) is 0 Å². The van der Waals surface area contributed by atoms with E-state index in [0.29, 0.717) is 19.4 Å². The zero-order valence-electron chi connectivity index (χ0n) is 17.5. The van der Waals surface area contributed by atoms with Crippen molar-refractivity contribution in [3.05, 3.63) is 59.7 Å². The number of hydrogen-bond acceptors (Lipinski definition) is 4. The van der Waals surface area contributed by atoms with E-state index in [9.17, 15) is 19.5 Å². The van der Waals surface area contributed by atoms with Crippen molar-refractivity contribution in [2.45, 2.75) is 37.3 Å². The van der Waals surface area contributed by atoms with E-state index in [1.807, 2.05) is 48.5 Å². The van der Waals surface area contributed by atoms with E-state index in [1.54, 1.807) is 0 Å². The highest BCUT2D eigenvalue weighted by Gasteiger charge is 2.37. The van der Waals surface area contributed by atoms with Crippen molar-refractivity contribution in [1.29, 1.82) is 0 Å². The van der Waals surface area contributed by atoms with Gasteiger partial charge in [0, 0.05) is 18.9 Å². The number of rotatable bonds is 6. The van der Waals surface area contributed by atoms with Crippen LogP contribution < -0.4 is 5.32 Å². The molecule has 7 heteroatoms. The largest absolute Gasteiger partial charge is 0.480 e. The van der Waals surface area contributed by atoms with Gasteiger partial charge in [-0.1, -0.05) is 48.5 Å². The summed E-state index contributed by atoms with van der Waals surface area (Å²) in [7, 11) is 0. The van der Waals surface area contributed by atoms with Crippen LogP contribution in [0, 0.1) is 12.3 Å². The number of benzene rings is 2. The van der Waals surface area contributed by atoms with Gasteiger partial charge in [-0.05, 0) is 35.1 Å². The number of ether oxygens (including phenoxy) is 1. The van der Waals surface area contributed by atoms with Crippen LogP contribution in [0.5, 0.6) is 0 Å². The molecule has 2 aliphatic rings. The number of nitrogens with one attached hydrogen (secondary N) is 1. The van der Waals surface area contributed by atoms with Crippen LogP contribution in [0.3, 0.4) is 0 Å². The number of likely N-dealkylation sites (tertiary alicyclic amines) is 1. The second kappa shape index (κ2) is 9.15. The Morgan fingerprint density at radius 2 is 1.75 bits per heavy atom. The minimum atomic E-state index is -1.06. The first-order chi connectivity index (χ1) is 15.5. The molecule has 1 saturated heterocycles. The third-order valence-electron chi connectivity index (χ3n) is 6.08. The third kappa shape index (κ3) is 4.04. The van der Waals surface area contributed by atoms with Gasteiger partial charge in [0.25, 0.3) is 0 Å². The quantitative estimate of drug-likeness (QED) is 0.684. The van der Waals surface area contributed by atoms with Gasteiger partial charge in [0.1, 0.15) is 18.7 Å². The molecule has 2 atom stereocenters. The van der Waals surface area contributed by atoms with E-state index in [1.165, 1.54) is 4.90 Å². The molecule has 2 aromatic rings. The molecule has 4 rings (SSSR count). The summed E-state index contributed by atoms with van der Waals surface area (Å²) < 4.78 is 5.50. The summed E-state index contributed by atoms with van der Waals surface area (Å²) in [4.78, 5) is 38.1. The minimum absolute atomic E-state index is 0.0497. The molecule has 2 aromatic carbocycles. The number of alkyl carbamates (subject to hydrolysis) is 1. The summed E-state index contributed by atoms with van der Waals surface area (Å²) >= 11 is 0. The molecular formula is C25H24N2O5. The Morgan fingerprint density at radius 1 is 1.12 bits per heavy atom. The van der Waals surface area contributed by atoms with Gasteiger partial charge in [-0.25, -0.2) is 9.59 Å². The first kappa shape index (κ1) is 21.4. The van der Waals surface area contributed by atoms with Crippen LogP contribution in [0.1, 0.15) is 36.3 Å². The standard InChI is InChI=1S/C25H24N2O5/c1-2-8-21(23(28)27-14-7-13-22(27)24(29)30)26-25(31)32-15-20-18-11-5-3-9-16(18)17-10-4-6-12-19(17)20/h1,3-6,9-12,20-22H,7-8,13-15H2,(H,26,31)(H,29,30)/t21?,22-/m1/s1. The van der Waals surface area contributed by atoms with Gasteiger partial charge in [-0.15, -0.1) is 12.3 Å². The molecule has 1 unspecified atom stereocenters. The number of carbonyl (C=O) groups is 3. The maximum Gasteiger partial charge on any atom is 0.407 e. The molecule has 1 heterocycles. The summed E-state index contributed by atoms with van der Waals surface area (Å²) in [5.74, 6) is 0.715. The Labute approximate surface area is 186 Å². The molecule has 164 valence electrons. The predicted molar refractivity (Wildman–Crippen MR) is 118 cm³/mol.